The van der Waals surface area contributed by atoms with Crippen molar-refractivity contribution in [3.8, 4) is 5.75 Å². The Kier molecular flexibility index (Phi) is 4.24. The number of esters is 1. The number of nitrogens with zero attached hydrogens (tertiary/aromatic N) is 1. The highest BCUT2D eigenvalue weighted by molar-refractivity contribution is 5.97. The standard InChI is InChI=1S/C14H18N2O4/c1-3-19-14(18)10(15)6-9-4-5-11-12(7-9)20-8-13(17)16(11)2/h4-5,7,10H,3,6,8,15H2,1-2H3/t10-/m0/s1. The largest absolute Gasteiger partial charge is 0.482 e. The van der Waals surface area contributed by atoms with Crippen LogP contribution in [-0.2, 0) is 20.7 Å². The van der Waals surface area contributed by atoms with Gasteiger partial charge in [0.25, 0.3) is 5.91 Å². The highest BCUT2D eigenvalue weighted by Crippen LogP contribution is 2.32. The van der Waals surface area contributed by atoms with Crippen molar-refractivity contribution in [1.82, 2.24) is 0 Å². The van der Waals surface area contributed by atoms with Crippen LogP contribution in [0.2, 0.25) is 0 Å². The molecule has 1 aliphatic heterocycles. The smallest absolute Gasteiger partial charge is 0.323 e. The number of rotatable bonds is 4. The minimum absolute atomic E-state index is 0.0247. The van der Waals surface area contributed by atoms with Crippen molar-refractivity contribution >= 4 is 17.6 Å². The predicted octanol–water partition coefficient (Wildman–Crippen LogP) is 0.475. The second-order valence-electron chi connectivity index (χ2n) is 4.61. The number of fused-ring (bicyclic) bond motifs is 1. The third-order valence-corrected chi connectivity index (χ3v) is 3.16. The van der Waals surface area contributed by atoms with Crippen LogP contribution < -0.4 is 15.4 Å². The maximum Gasteiger partial charge on any atom is 0.323 e. The molecule has 0 fully saturated rings. The molecule has 20 heavy (non-hydrogen) atoms. The van der Waals surface area contributed by atoms with Crippen LogP contribution in [0.15, 0.2) is 18.2 Å². The molecule has 0 saturated heterocycles. The van der Waals surface area contributed by atoms with Gasteiger partial charge in [-0.25, -0.2) is 0 Å². The molecule has 1 amide bonds. The summed E-state index contributed by atoms with van der Waals surface area (Å²) in [5.74, 6) is 0.118. The lowest BCUT2D eigenvalue weighted by Crippen LogP contribution is -2.36. The SMILES string of the molecule is CCOC(=O)[C@@H](N)Cc1ccc2c(c1)OCC(=O)N2C. The molecule has 0 bridgehead atoms. The van der Waals surface area contributed by atoms with E-state index in [1.54, 1.807) is 31.0 Å². The lowest BCUT2D eigenvalue weighted by Gasteiger charge is -2.26. The molecular formula is C14H18N2O4. The molecule has 0 aliphatic carbocycles. The van der Waals surface area contributed by atoms with E-state index in [-0.39, 0.29) is 12.5 Å². The van der Waals surface area contributed by atoms with Crippen molar-refractivity contribution in [1.29, 1.82) is 0 Å². The van der Waals surface area contributed by atoms with Crippen molar-refractivity contribution in [3.63, 3.8) is 0 Å². The van der Waals surface area contributed by atoms with E-state index in [4.69, 9.17) is 15.2 Å². The summed E-state index contributed by atoms with van der Waals surface area (Å²) >= 11 is 0. The Hall–Kier alpha value is -2.08. The molecule has 6 nitrogen and oxygen atoms in total. The van der Waals surface area contributed by atoms with Gasteiger partial charge in [-0.15, -0.1) is 0 Å². The van der Waals surface area contributed by atoms with Gasteiger partial charge in [-0.3, -0.25) is 9.59 Å². The van der Waals surface area contributed by atoms with Gasteiger partial charge in [0.2, 0.25) is 0 Å². The molecular weight excluding hydrogens is 260 g/mol. The van der Waals surface area contributed by atoms with Crippen LogP contribution in [0.4, 0.5) is 5.69 Å². The average molecular weight is 278 g/mol. The summed E-state index contributed by atoms with van der Waals surface area (Å²) in [5.41, 5.74) is 7.37. The van der Waals surface area contributed by atoms with Crippen molar-refractivity contribution in [2.75, 3.05) is 25.2 Å². The molecule has 1 aromatic carbocycles. The molecule has 1 atom stereocenters. The van der Waals surface area contributed by atoms with Crippen LogP contribution in [0, 0.1) is 0 Å². The monoisotopic (exact) mass is 278 g/mol. The van der Waals surface area contributed by atoms with Gasteiger partial charge in [-0.2, -0.15) is 0 Å². The third kappa shape index (κ3) is 2.91. The lowest BCUT2D eigenvalue weighted by molar-refractivity contribution is -0.144. The van der Waals surface area contributed by atoms with Gasteiger partial charge >= 0.3 is 5.97 Å². The van der Waals surface area contributed by atoms with Crippen molar-refractivity contribution < 1.29 is 19.1 Å². The van der Waals surface area contributed by atoms with Gasteiger partial charge in [-0.1, -0.05) is 6.07 Å². The molecule has 2 rings (SSSR count). The fourth-order valence-corrected chi connectivity index (χ4v) is 2.04. The number of nitrogens with two attached hydrogens (primary N) is 1. The Balaban J connectivity index is 2.12. The van der Waals surface area contributed by atoms with E-state index in [0.29, 0.717) is 18.8 Å². The predicted molar refractivity (Wildman–Crippen MR) is 73.7 cm³/mol. The van der Waals surface area contributed by atoms with E-state index < -0.39 is 12.0 Å². The molecule has 1 heterocycles. The van der Waals surface area contributed by atoms with E-state index in [1.165, 1.54) is 0 Å². The van der Waals surface area contributed by atoms with E-state index in [0.717, 1.165) is 11.3 Å². The highest BCUT2D eigenvalue weighted by atomic mass is 16.5. The van der Waals surface area contributed by atoms with Crippen LogP contribution in [-0.4, -0.2) is 38.2 Å². The first-order valence-electron chi connectivity index (χ1n) is 6.47. The minimum atomic E-state index is -0.698. The van der Waals surface area contributed by atoms with Crippen LogP contribution in [0.5, 0.6) is 5.75 Å². The fourth-order valence-electron chi connectivity index (χ4n) is 2.04. The van der Waals surface area contributed by atoms with E-state index in [9.17, 15) is 9.59 Å². The van der Waals surface area contributed by atoms with Gasteiger partial charge in [-0.05, 0) is 31.0 Å². The Labute approximate surface area is 117 Å². The molecule has 2 N–H and O–H groups in total. The third-order valence-electron chi connectivity index (χ3n) is 3.16. The second-order valence-corrected chi connectivity index (χ2v) is 4.61. The number of ether oxygens (including phenoxy) is 2. The summed E-state index contributed by atoms with van der Waals surface area (Å²) in [5, 5.41) is 0. The zero-order valence-corrected chi connectivity index (χ0v) is 11.6. The lowest BCUT2D eigenvalue weighted by atomic mass is 10.0. The molecule has 1 aromatic rings. The maximum atomic E-state index is 11.5. The number of benzene rings is 1. The molecule has 0 saturated carbocycles. The fraction of sp³-hybridized carbons (Fsp3) is 0.429. The van der Waals surface area contributed by atoms with Crippen LogP contribution in [0.1, 0.15) is 12.5 Å². The molecule has 108 valence electrons. The number of amides is 1. The molecule has 6 heteroatoms. The summed E-state index contributed by atoms with van der Waals surface area (Å²) in [7, 11) is 1.70. The van der Waals surface area contributed by atoms with E-state index in [2.05, 4.69) is 0 Å². The molecule has 0 aromatic heterocycles. The van der Waals surface area contributed by atoms with Gasteiger partial charge in [0, 0.05) is 7.05 Å². The van der Waals surface area contributed by atoms with Gasteiger partial charge in [0.1, 0.15) is 11.8 Å². The summed E-state index contributed by atoms with van der Waals surface area (Å²) in [6, 6.07) is 4.73. The Morgan fingerprint density at radius 1 is 1.55 bits per heavy atom. The second kappa shape index (κ2) is 5.92. The summed E-state index contributed by atoms with van der Waals surface area (Å²) in [4.78, 5) is 24.5. The maximum absolute atomic E-state index is 11.5. The zero-order valence-electron chi connectivity index (χ0n) is 11.6. The number of carbonyl (C=O) groups excluding carboxylic acids is 2. The topological polar surface area (TPSA) is 81.9 Å². The van der Waals surface area contributed by atoms with Crippen molar-refractivity contribution in [2.45, 2.75) is 19.4 Å². The first kappa shape index (κ1) is 14.3. The average Bonchev–Trinajstić information content (AvgIpc) is 2.43. The van der Waals surface area contributed by atoms with Crippen molar-refractivity contribution in [2.24, 2.45) is 5.73 Å². The van der Waals surface area contributed by atoms with Crippen LogP contribution in [0.3, 0.4) is 0 Å². The molecule has 1 aliphatic rings. The van der Waals surface area contributed by atoms with Gasteiger partial charge in [0.05, 0.1) is 12.3 Å². The minimum Gasteiger partial charge on any atom is -0.482 e. The molecule has 0 unspecified atom stereocenters. The molecule has 0 radical (unpaired) electrons. The Morgan fingerprint density at radius 3 is 3.00 bits per heavy atom. The summed E-state index contributed by atoms with van der Waals surface area (Å²) < 4.78 is 10.3. The number of hydrogen-bond acceptors (Lipinski definition) is 5. The number of anilines is 1. The van der Waals surface area contributed by atoms with Crippen molar-refractivity contribution in [3.05, 3.63) is 23.8 Å². The first-order valence-corrected chi connectivity index (χ1v) is 6.47. The van der Waals surface area contributed by atoms with Gasteiger partial charge in [0.15, 0.2) is 6.61 Å². The normalized spacial score (nSPS) is 15.3. The number of carbonyl (C=O) groups is 2. The summed E-state index contributed by atoms with van der Waals surface area (Å²) in [6.45, 7) is 2.08. The number of hydrogen-bond donors (Lipinski definition) is 1. The van der Waals surface area contributed by atoms with E-state index in [1.807, 2.05) is 6.07 Å². The summed E-state index contributed by atoms with van der Waals surface area (Å²) in [6.07, 6.45) is 0.368. The Morgan fingerprint density at radius 2 is 2.30 bits per heavy atom. The van der Waals surface area contributed by atoms with Gasteiger partial charge < -0.3 is 20.1 Å². The highest BCUT2D eigenvalue weighted by Gasteiger charge is 2.23. The zero-order chi connectivity index (χ0) is 14.7. The van der Waals surface area contributed by atoms with Crippen LogP contribution >= 0.6 is 0 Å². The number of likely N-dealkylation sites (N-methyl/N-ethyl adjacent to an activating group) is 1. The van der Waals surface area contributed by atoms with Crippen LogP contribution in [0.25, 0.3) is 0 Å². The molecule has 0 spiro atoms. The van der Waals surface area contributed by atoms with E-state index >= 15 is 0 Å². The first-order chi connectivity index (χ1) is 9.52. The Bertz CT molecular complexity index is 530. The quantitative estimate of drug-likeness (QED) is 0.810.